The first-order chi connectivity index (χ1) is 8.96. The molecule has 0 saturated carbocycles. The molecule has 0 radical (unpaired) electrons. The van der Waals surface area contributed by atoms with E-state index < -0.39 is 21.2 Å². The molecule has 7 heteroatoms. The van der Waals surface area contributed by atoms with E-state index in [4.69, 9.17) is 5.26 Å². The van der Waals surface area contributed by atoms with Crippen LogP contribution in [-0.4, -0.2) is 26.7 Å². The fourth-order valence-electron chi connectivity index (χ4n) is 1.46. The maximum atomic E-state index is 11.9. The largest absolute Gasteiger partial charge is 0.465 e. The van der Waals surface area contributed by atoms with Gasteiger partial charge in [0.15, 0.2) is 5.25 Å². The number of carbonyl (C=O) groups excluding carboxylic acids is 1. The normalized spacial score (nSPS) is 12.3. The minimum atomic E-state index is -3.86. The third-order valence-electron chi connectivity index (χ3n) is 2.47. The molecule has 0 amide bonds. The van der Waals surface area contributed by atoms with E-state index in [2.05, 4.69) is 9.46 Å². The van der Waals surface area contributed by atoms with Crippen molar-refractivity contribution in [2.24, 2.45) is 0 Å². The van der Waals surface area contributed by atoms with Crippen LogP contribution in [0.3, 0.4) is 0 Å². The molecule has 0 aromatic heterocycles. The summed E-state index contributed by atoms with van der Waals surface area (Å²) >= 11 is 0. The number of para-hydroxylation sites is 1. The quantitative estimate of drug-likeness (QED) is 0.826. The topological polar surface area (TPSA) is 96.3 Å². The Bertz CT molecular complexity index is 604. The van der Waals surface area contributed by atoms with Crippen LogP contribution in [0.5, 0.6) is 0 Å². The molecule has 1 aromatic carbocycles. The number of rotatable bonds is 5. The Kier molecular flexibility index (Phi) is 4.89. The van der Waals surface area contributed by atoms with Crippen LogP contribution < -0.4 is 4.72 Å². The van der Waals surface area contributed by atoms with Crippen LogP contribution >= 0.6 is 0 Å². The fourth-order valence-corrected chi connectivity index (χ4v) is 2.67. The lowest BCUT2D eigenvalue weighted by molar-refractivity contribution is 0.0602. The van der Waals surface area contributed by atoms with Gasteiger partial charge >= 0.3 is 5.97 Å². The highest BCUT2D eigenvalue weighted by Crippen LogP contribution is 2.19. The number of ether oxygens (including phenoxy) is 1. The summed E-state index contributed by atoms with van der Waals surface area (Å²) < 4.78 is 30.7. The van der Waals surface area contributed by atoms with E-state index in [0.717, 1.165) is 0 Å². The number of nitriles is 1. The van der Waals surface area contributed by atoms with Gasteiger partial charge in [0.25, 0.3) is 0 Å². The van der Waals surface area contributed by atoms with Gasteiger partial charge in [-0.05, 0) is 18.6 Å². The zero-order chi connectivity index (χ0) is 14.5. The van der Waals surface area contributed by atoms with Crippen molar-refractivity contribution in [3.63, 3.8) is 0 Å². The number of benzene rings is 1. The maximum Gasteiger partial charge on any atom is 0.339 e. The number of sulfonamides is 1. The first kappa shape index (κ1) is 15.0. The first-order valence-corrected chi connectivity index (χ1v) is 7.09. The molecule has 0 heterocycles. The number of carbonyl (C=O) groups is 1. The average Bonchev–Trinajstić information content (AvgIpc) is 2.39. The average molecular weight is 282 g/mol. The Labute approximate surface area is 112 Å². The van der Waals surface area contributed by atoms with Crippen molar-refractivity contribution in [2.45, 2.75) is 18.6 Å². The van der Waals surface area contributed by atoms with Crippen molar-refractivity contribution in [1.82, 2.24) is 0 Å². The Balaban J connectivity index is 3.14. The van der Waals surface area contributed by atoms with Crippen molar-refractivity contribution >= 4 is 21.7 Å². The summed E-state index contributed by atoms with van der Waals surface area (Å²) in [6.07, 6.45) is 0.159. The molecule has 0 aliphatic heterocycles. The van der Waals surface area contributed by atoms with Crippen LogP contribution in [0.4, 0.5) is 5.69 Å². The second-order valence-corrected chi connectivity index (χ2v) is 5.57. The van der Waals surface area contributed by atoms with E-state index >= 15 is 0 Å². The summed E-state index contributed by atoms with van der Waals surface area (Å²) in [6.45, 7) is 1.60. The number of anilines is 1. The second-order valence-electron chi connectivity index (χ2n) is 3.71. The van der Waals surface area contributed by atoms with E-state index in [1.807, 2.05) is 0 Å². The first-order valence-electron chi connectivity index (χ1n) is 5.54. The van der Waals surface area contributed by atoms with Crippen LogP contribution in [0, 0.1) is 11.3 Å². The Morgan fingerprint density at radius 3 is 2.63 bits per heavy atom. The van der Waals surface area contributed by atoms with Crippen molar-refractivity contribution in [1.29, 1.82) is 5.26 Å². The number of nitrogens with zero attached hydrogens (tertiary/aromatic N) is 1. The number of esters is 1. The minimum Gasteiger partial charge on any atom is -0.465 e. The molecule has 6 nitrogen and oxygen atoms in total. The molecule has 0 bridgehead atoms. The van der Waals surface area contributed by atoms with Gasteiger partial charge in [0.1, 0.15) is 0 Å². The molecule has 102 valence electrons. The number of methoxy groups -OCH3 is 1. The van der Waals surface area contributed by atoms with Gasteiger partial charge in [-0.1, -0.05) is 19.1 Å². The molecular formula is C12H14N2O4S. The lowest BCUT2D eigenvalue weighted by Gasteiger charge is -2.13. The Morgan fingerprint density at radius 2 is 2.11 bits per heavy atom. The molecule has 1 N–H and O–H groups in total. The van der Waals surface area contributed by atoms with Gasteiger partial charge in [-0.2, -0.15) is 5.26 Å². The highest BCUT2D eigenvalue weighted by atomic mass is 32.2. The van der Waals surface area contributed by atoms with Crippen molar-refractivity contribution in [3.05, 3.63) is 29.8 Å². The molecule has 0 spiro atoms. The van der Waals surface area contributed by atoms with Crippen LogP contribution in [-0.2, 0) is 14.8 Å². The number of nitrogens with one attached hydrogen (secondary N) is 1. The predicted molar refractivity (Wildman–Crippen MR) is 70.0 cm³/mol. The molecule has 1 unspecified atom stereocenters. The monoisotopic (exact) mass is 282 g/mol. The van der Waals surface area contributed by atoms with Gasteiger partial charge in [-0.15, -0.1) is 0 Å². The number of hydrogen-bond acceptors (Lipinski definition) is 5. The van der Waals surface area contributed by atoms with E-state index in [1.54, 1.807) is 25.1 Å². The molecule has 1 aromatic rings. The molecule has 0 aliphatic rings. The van der Waals surface area contributed by atoms with E-state index in [-0.39, 0.29) is 17.7 Å². The summed E-state index contributed by atoms with van der Waals surface area (Å²) in [5.74, 6) is -0.650. The predicted octanol–water partition coefficient (Wildman–Crippen LogP) is 1.52. The SMILES string of the molecule is CCC(C#N)S(=O)(=O)Nc1ccccc1C(=O)OC. The van der Waals surface area contributed by atoms with Gasteiger partial charge < -0.3 is 4.74 Å². The zero-order valence-corrected chi connectivity index (χ0v) is 11.4. The fraction of sp³-hybridized carbons (Fsp3) is 0.333. The van der Waals surface area contributed by atoms with Gasteiger partial charge in [0.2, 0.25) is 10.0 Å². The summed E-state index contributed by atoms with van der Waals surface area (Å²) in [5, 5.41) is 7.64. The smallest absolute Gasteiger partial charge is 0.339 e. The molecule has 0 saturated heterocycles. The molecule has 1 atom stereocenters. The lowest BCUT2D eigenvalue weighted by atomic mass is 10.2. The van der Waals surface area contributed by atoms with Crippen LogP contribution in [0.15, 0.2) is 24.3 Å². The second kappa shape index (κ2) is 6.20. The van der Waals surface area contributed by atoms with E-state index in [1.165, 1.54) is 19.2 Å². The Hall–Kier alpha value is -2.07. The summed E-state index contributed by atoms with van der Waals surface area (Å²) in [5.41, 5.74) is 0.199. The van der Waals surface area contributed by atoms with E-state index in [9.17, 15) is 13.2 Å². The molecule has 19 heavy (non-hydrogen) atoms. The molecule has 0 fully saturated rings. The third kappa shape index (κ3) is 3.45. The Morgan fingerprint density at radius 1 is 1.47 bits per heavy atom. The zero-order valence-electron chi connectivity index (χ0n) is 10.6. The summed E-state index contributed by atoms with van der Waals surface area (Å²) in [6, 6.07) is 7.76. The van der Waals surface area contributed by atoms with Crippen LogP contribution in [0.2, 0.25) is 0 Å². The standard InChI is InChI=1S/C12H14N2O4S/c1-3-9(8-13)19(16,17)14-11-7-5-4-6-10(11)12(15)18-2/h4-7,9,14H,3H2,1-2H3. The van der Waals surface area contributed by atoms with Gasteiger partial charge in [-0.25, -0.2) is 13.2 Å². The van der Waals surface area contributed by atoms with Crippen molar-refractivity contribution < 1.29 is 17.9 Å². The molecular weight excluding hydrogens is 268 g/mol. The van der Waals surface area contributed by atoms with Gasteiger partial charge in [-0.3, -0.25) is 4.72 Å². The minimum absolute atomic E-state index is 0.0985. The van der Waals surface area contributed by atoms with Crippen molar-refractivity contribution in [3.8, 4) is 6.07 Å². The highest BCUT2D eigenvalue weighted by molar-refractivity contribution is 7.93. The number of hydrogen-bond donors (Lipinski definition) is 1. The maximum absolute atomic E-state index is 11.9. The molecule has 1 rings (SSSR count). The highest BCUT2D eigenvalue weighted by Gasteiger charge is 2.25. The summed E-state index contributed by atoms with van der Waals surface area (Å²) in [7, 11) is -2.65. The molecule has 0 aliphatic carbocycles. The van der Waals surface area contributed by atoms with Gasteiger partial charge in [0, 0.05) is 0 Å². The summed E-state index contributed by atoms with van der Waals surface area (Å²) in [4.78, 5) is 11.5. The third-order valence-corrected chi connectivity index (χ3v) is 4.17. The van der Waals surface area contributed by atoms with Crippen molar-refractivity contribution in [2.75, 3.05) is 11.8 Å². The lowest BCUT2D eigenvalue weighted by Crippen LogP contribution is -2.26. The van der Waals surface area contributed by atoms with Crippen LogP contribution in [0.25, 0.3) is 0 Å². The van der Waals surface area contributed by atoms with Crippen LogP contribution in [0.1, 0.15) is 23.7 Å². The van der Waals surface area contributed by atoms with Gasteiger partial charge in [0.05, 0.1) is 24.4 Å². The van der Waals surface area contributed by atoms with E-state index in [0.29, 0.717) is 0 Å².